The van der Waals surface area contributed by atoms with Crippen molar-refractivity contribution in [1.29, 1.82) is 0 Å². The summed E-state index contributed by atoms with van der Waals surface area (Å²) in [5.74, 6) is -1.57. The molecule has 0 amide bonds. The van der Waals surface area contributed by atoms with Crippen LogP contribution in [0.3, 0.4) is 0 Å². The van der Waals surface area contributed by atoms with Gasteiger partial charge in [-0.05, 0) is 50.1 Å². The molecular weight excluding hydrogens is 270 g/mol. The Kier molecular flexibility index (Phi) is 5.02. The molecule has 0 spiro atoms. The molecule has 1 N–H and O–H groups in total. The summed E-state index contributed by atoms with van der Waals surface area (Å²) in [4.78, 5) is 4.45. The summed E-state index contributed by atoms with van der Waals surface area (Å²) >= 11 is 0. The molecule has 0 radical (unpaired) electrons. The van der Waals surface area contributed by atoms with Crippen LogP contribution in [0.4, 0.5) is 8.78 Å². The second kappa shape index (κ2) is 6.76. The van der Waals surface area contributed by atoms with Gasteiger partial charge in [-0.2, -0.15) is 0 Å². The number of aryl methyl sites for hydroxylation is 2. The van der Waals surface area contributed by atoms with Gasteiger partial charge in [0, 0.05) is 17.4 Å². The van der Waals surface area contributed by atoms with E-state index in [0.717, 1.165) is 29.6 Å². The van der Waals surface area contributed by atoms with Crippen molar-refractivity contribution < 1.29 is 8.78 Å². The van der Waals surface area contributed by atoms with Gasteiger partial charge in [-0.15, -0.1) is 0 Å². The van der Waals surface area contributed by atoms with Gasteiger partial charge in [0.2, 0.25) is 0 Å². The third kappa shape index (κ3) is 3.64. The van der Waals surface area contributed by atoms with E-state index in [1.54, 1.807) is 6.07 Å². The number of hydrogen-bond acceptors (Lipinski definition) is 2. The maximum absolute atomic E-state index is 13.9. The van der Waals surface area contributed by atoms with Gasteiger partial charge >= 0.3 is 0 Å². The van der Waals surface area contributed by atoms with Crippen molar-refractivity contribution in [2.75, 3.05) is 6.54 Å². The van der Waals surface area contributed by atoms with Crippen LogP contribution in [0, 0.1) is 25.5 Å². The highest BCUT2D eigenvalue weighted by atomic mass is 19.2. The lowest BCUT2D eigenvalue weighted by Gasteiger charge is -2.20. The predicted octanol–water partition coefficient (Wildman–Crippen LogP) is 3.87. The second-order valence-corrected chi connectivity index (χ2v) is 5.15. The molecule has 0 fully saturated rings. The lowest BCUT2D eigenvalue weighted by molar-refractivity contribution is 0.480. The van der Waals surface area contributed by atoms with Crippen molar-refractivity contribution >= 4 is 0 Å². The first-order chi connectivity index (χ1) is 10.0. The van der Waals surface area contributed by atoms with Crippen molar-refractivity contribution in [1.82, 2.24) is 10.3 Å². The van der Waals surface area contributed by atoms with Gasteiger partial charge in [0.15, 0.2) is 11.6 Å². The van der Waals surface area contributed by atoms with E-state index in [-0.39, 0.29) is 6.04 Å². The zero-order chi connectivity index (χ0) is 15.4. The molecule has 2 aromatic rings. The van der Waals surface area contributed by atoms with Gasteiger partial charge in [-0.25, -0.2) is 8.78 Å². The summed E-state index contributed by atoms with van der Waals surface area (Å²) in [6, 6.07) is 8.16. The number of hydrogen-bond donors (Lipinski definition) is 1. The van der Waals surface area contributed by atoms with E-state index < -0.39 is 11.6 Å². The Balaban J connectivity index is 2.33. The summed E-state index contributed by atoms with van der Waals surface area (Å²) in [5, 5.41) is 3.33. The number of aromatic nitrogens is 1. The van der Waals surface area contributed by atoms with Crippen LogP contribution < -0.4 is 5.32 Å². The standard InChI is InChI=1S/C17H20F2N2/c1-4-20-16(14-9-8-11(2)21-12(14)3)10-13-6-5-7-15(18)17(13)19/h5-9,16,20H,4,10H2,1-3H3. The minimum absolute atomic E-state index is 0.0839. The summed E-state index contributed by atoms with van der Waals surface area (Å²) in [6.07, 6.45) is 0.392. The Morgan fingerprint density at radius 1 is 1.14 bits per heavy atom. The highest BCUT2D eigenvalue weighted by Crippen LogP contribution is 2.23. The topological polar surface area (TPSA) is 24.9 Å². The first-order valence-electron chi connectivity index (χ1n) is 7.13. The first-order valence-corrected chi connectivity index (χ1v) is 7.13. The number of benzene rings is 1. The van der Waals surface area contributed by atoms with Crippen LogP contribution in [0.25, 0.3) is 0 Å². The molecule has 0 bridgehead atoms. The number of pyridine rings is 1. The predicted molar refractivity (Wildman–Crippen MR) is 80.2 cm³/mol. The van der Waals surface area contributed by atoms with Crippen LogP contribution in [0.15, 0.2) is 30.3 Å². The average molecular weight is 290 g/mol. The SMILES string of the molecule is CCNC(Cc1cccc(F)c1F)c1ccc(C)nc1C. The van der Waals surface area contributed by atoms with Crippen molar-refractivity contribution in [2.45, 2.75) is 33.2 Å². The third-order valence-electron chi connectivity index (χ3n) is 3.55. The van der Waals surface area contributed by atoms with Gasteiger partial charge in [0.05, 0.1) is 0 Å². The Bertz CT molecular complexity index is 626. The summed E-state index contributed by atoms with van der Waals surface area (Å²) < 4.78 is 27.2. The van der Waals surface area contributed by atoms with E-state index in [0.29, 0.717) is 12.0 Å². The van der Waals surface area contributed by atoms with Crippen LogP contribution in [0.2, 0.25) is 0 Å². The Hall–Kier alpha value is -1.81. The first kappa shape index (κ1) is 15.6. The molecule has 1 aromatic carbocycles. The highest BCUT2D eigenvalue weighted by molar-refractivity contribution is 5.28. The largest absolute Gasteiger partial charge is 0.310 e. The number of rotatable bonds is 5. The molecule has 2 nitrogen and oxygen atoms in total. The molecule has 1 aromatic heterocycles. The Morgan fingerprint density at radius 2 is 1.90 bits per heavy atom. The molecule has 2 rings (SSSR count). The lowest BCUT2D eigenvalue weighted by Crippen LogP contribution is -2.24. The van der Waals surface area contributed by atoms with Gasteiger partial charge in [0.25, 0.3) is 0 Å². The summed E-state index contributed by atoms with van der Waals surface area (Å²) in [5.41, 5.74) is 3.26. The average Bonchev–Trinajstić information content (AvgIpc) is 2.43. The minimum atomic E-state index is -0.804. The molecule has 0 aliphatic heterocycles. The summed E-state index contributed by atoms with van der Waals surface area (Å²) in [6.45, 7) is 6.61. The smallest absolute Gasteiger partial charge is 0.162 e. The fourth-order valence-electron chi connectivity index (χ4n) is 2.53. The zero-order valence-corrected chi connectivity index (χ0v) is 12.6. The van der Waals surface area contributed by atoms with Crippen LogP contribution in [-0.4, -0.2) is 11.5 Å². The molecule has 0 aliphatic rings. The number of nitrogens with one attached hydrogen (secondary N) is 1. The van der Waals surface area contributed by atoms with E-state index in [9.17, 15) is 8.78 Å². The minimum Gasteiger partial charge on any atom is -0.310 e. The number of halogens is 2. The molecule has 1 heterocycles. The monoisotopic (exact) mass is 290 g/mol. The molecule has 1 atom stereocenters. The Labute approximate surface area is 124 Å². The van der Waals surface area contributed by atoms with Crippen molar-refractivity contribution in [3.05, 3.63) is 64.5 Å². The van der Waals surface area contributed by atoms with Crippen molar-refractivity contribution in [2.24, 2.45) is 0 Å². The molecule has 1 unspecified atom stereocenters. The van der Waals surface area contributed by atoms with Crippen LogP contribution >= 0.6 is 0 Å². The van der Waals surface area contributed by atoms with E-state index in [1.807, 2.05) is 32.9 Å². The van der Waals surface area contributed by atoms with Crippen LogP contribution in [-0.2, 0) is 6.42 Å². The Morgan fingerprint density at radius 3 is 2.57 bits per heavy atom. The van der Waals surface area contributed by atoms with Gasteiger partial charge < -0.3 is 5.32 Å². The molecule has 0 saturated heterocycles. The molecule has 112 valence electrons. The molecule has 0 aliphatic carbocycles. The highest BCUT2D eigenvalue weighted by Gasteiger charge is 2.17. The quantitative estimate of drug-likeness (QED) is 0.904. The van der Waals surface area contributed by atoms with Gasteiger partial charge in [0.1, 0.15) is 0 Å². The lowest BCUT2D eigenvalue weighted by atomic mass is 9.97. The number of likely N-dealkylation sites (N-methyl/N-ethyl adjacent to an activating group) is 1. The van der Waals surface area contributed by atoms with Crippen molar-refractivity contribution in [3.63, 3.8) is 0 Å². The van der Waals surface area contributed by atoms with E-state index in [4.69, 9.17) is 0 Å². The fourth-order valence-corrected chi connectivity index (χ4v) is 2.53. The molecule has 4 heteroatoms. The second-order valence-electron chi connectivity index (χ2n) is 5.15. The summed E-state index contributed by atoms with van der Waals surface area (Å²) in [7, 11) is 0. The van der Waals surface area contributed by atoms with Crippen LogP contribution in [0.1, 0.15) is 35.5 Å². The molecule has 21 heavy (non-hydrogen) atoms. The third-order valence-corrected chi connectivity index (χ3v) is 3.55. The van der Waals surface area contributed by atoms with E-state index >= 15 is 0 Å². The maximum atomic E-state index is 13.9. The van der Waals surface area contributed by atoms with Gasteiger partial charge in [-0.1, -0.05) is 25.1 Å². The van der Waals surface area contributed by atoms with Crippen molar-refractivity contribution in [3.8, 4) is 0 Å². The van der Waals surface area contributed by atoms with E-state index in [2.05, 4.69) is 10.3 Å². The normalized spacial score (nSPS) is 12.4. The zero-order valence-electron chi connectivity index (χ0n) is 12.6. The van der Waals surface area contributed by atoms with Gasteiger partial charge in [-0.3, -0.25) is 4.98 Å². The maximum Gasteiger partial charge on any atom is 0.162 e. The van der Waals surface area contributed by atoms with Crippen LogP contribution in [0.5, 0.6) is 0 Å². The fraction of sp³-hybridized carbons (Fsp3) is 0.353. The molecular formula is C17H20F2N2. The number of nitrogens with zero attached hydrogens (tertiary/aromatic N) is 1. The molecule has 0 saturated carbocycles. The van der Waals surface area contributed by atoms with E-state index in [1.165, 1.54) is 6.07 Å².